The normalized spacial score (nSPS) is 12.1. The van der Waals surface area contributed by atoms with Crippen LogP contribution in [0.15, 0.2) is 42.5 Å². The molecule has 1 unspecified atom stereocenters. The van der Waals surface area contributed by atoms with Crippen LogP contribution in [0.3, 0.4) is 0 Å². The van der Waals surface area contributed by atoms with Gasteiger partial charge in [0.05, 0.1) is 26.9 Å². The zero-order valence-electron chi connectivity index (χ0n) is 14.2. The summed E-state index contributed by atoms with van der Waals surface area (Å²) in [5, 5.41) is 0. The van der Waals surface area contributed by atoms with E-state index in [1.807, 2.05) is 42.5 Å². The highest BCUT2D eigenvalue weighted by Gasteiger charge is 2.12. The van der Waals surface area contributed by atoms with Gasteiger partial charge in [-0.3, -0.25) is 0 Å². The lowest BCUT2D eigenvalue weighted by atomic mass is 9.99. The lowest BCUT2D eigenvalue weighted by Crippen LogP contribution is -2.12. The number of methoxy groups -OCH3 is 2. The Morgan fingerprint density at radius 1 is 0.826 bits per heavy atom. The van der Waals surface area contributed by atoms with Gasteiger partial charge in [-0.2, -0.15) is 0 Å². The maximum absolute atomic E-state index is 6.38. The van der Waals surface area contributed by atoms with E-state index >= 15 is 0 Å². The molecule has 1 atom stereocenters. The van der Waals surface area contributed by atoms with E-state index in [0.29, 0.717) is 12.5 Å². The molecule has 2 aromatic carbocycles. The molecule has 2 rings (SSSR count). The van der Waals surface area contributed by atoms with E-state index in [-0.39, 0.29) is 6.04 Å². The smallest absolute Gasteiger partial charge is 0.122 e. The van der Waals surface area contributed by atoms with E-state index < -0.39 is 0 Å². The Hall–Kier alpha value is -2.20. The summed E-state index contributed by atoms with van der Waals surface area (Å²) in [7, 11) is 3.26. The van der Waals surface area contributed by atoms with Crippen LogP contribution in [0.25, 0.3) is 0 Å². The van der Waals surface area contributed by atoms with Crippen LogP contribution in [0, 0.1) is 5.92 Å². The maximum atomic E-state index is 6.38. The van der Waals surface area contributed by atoms with Gasteiger partial charge in [-0.05, 0) is 41.3 Å². The largest absolute Gasteiger partial charge is 0.497 e. The maximum Gasteiger partial charge on any atom is 0.122 e. The Bertz CT molecular complexity index is 601. The lowest BCUT2D eigenvalue weighted by molar-refractivity contribution is 0.271. The molecule has 23 heavy (non-hydrogen) atoms. The third-order valence-corrected chi connectivity index (χ3v) is 3.56. The van der Waals surface area contributed by atoms with E-state index in [9.17, 15) is 0 Å². The van der Waals surface area contributed by atoms with Gasteiger partial charge in [-0.15, -0.1) is 0 Å². The zero-order valence-corrected chi connectivity index (χ0v) is 14.2. The van der Waals surface area contributed by atoms with Crippen molar-refractivity contribution < 1.29 is 14.2 Å². The summed E-state index contributed by atoms with van der Waals surface area (Å²) in [6.07, 6.45) is 0. The molecule has 0 saturated carbocycles. The minimum Gasteiger partial charge on any atom is -0.497 e. The van der Waals surface area contributed by atoms with Gasteiger partial charge >= 0.3 is 0 Å². The van der Waals surface area contributed by atoms with Crippen molar-refractivity contribution >= 4 is 0 Å². The minimum absolute atomic E-state index is 0.252. The molecule has 0 saturated heterocycles. The minimum atomic E-state index is -0.252. The Labute approximate surface area is 138 Å². The fraction of sp³-hybridized carbons (Fsp3) is 0.368. The Morgan fingerprint density at radius 2 is 1.39 bits per heavy atom. The molecule has 0 radical (unpaired) electrons. The molecule has 0 spiro atoms. The fourth-order valence-corrected chi connectivity index (χ4v) is 2.24. The van der Waals surface area contributed by atoms with Crippen LogP contribution in [0.5, 0.6) is 17.2 Å². The van der Waals surface area contributed by atoms with Crippen LogP contribution in [0.2, 0.25) is 0 Å². The van der Waals surface area contributed by atoms with Gasteiger partial charge in [0.1, 0.15) is 17.2 Å². The van der Waals surface area contributed by atoms with E-state index in [1.54, 1.807) is 14.2 Å². The topological polar surface area (TPSA) is 53.7 Å². The number of benzene rings is 2. The third-order valence-electron chi connectivity index (χ3n) is 3.56. The standard InChI is InChI=1S/C19H25NO3/c1-13(2)12-23-16-7-5-14(6-8-16)19(20)15-9-17(21-3)11-18(10-15)22-4/h5-11,13,19H,12,20H2,1-4H3. The quantitative estimate of drug-likeness (QED) is 0.844. The summed E-state index contributed by atoms with van der Waals surface area (Å²) in [6, 6.07) is 13.3. The van der Waals surface area contributed by atoms with Crippen molar-refractivity contribution in [1.82, 2.24) is 0 Å². The predicted octanol–water partition coefficient (Wildman–Crippen LogP) is 3.79. The van der Waals surface area contributed by atoms with Crippen molar-refractivity contribution in [2.24, 2.45) is 11.7 Å². The van der Waals surface area contributed by atoms with Crippen molar-refractivity contribution in [3.05, 3.63) is 53.6 Å². The molecular weight excluding hydrogens is 290 g/mol. The van der Waals surface area contributed by atoms with Crippen molar-refractivity contribution in [3.8, 4) is 17.2 Å². The summed E-state index contributed by atoms with van der Waals surface area (Å²) in [5.74, 6) is 2.82. The van der Waals surface area contributed by atoms with E-state index in [1.165, 1.54) is 0 Å². The Morgan fingerprint density at radius 3 is 1.87 bits per heavy atom. The number of ether oxygens (including phenoxy) is 3. The summed E-state index contributed by atoms with van der Waals surface area (Å²) in [4.78, 5) is 0. The van der Waals surface area contributed by atoms with Crippen molar-refractivity contribution in [3.63, 3.8) is 0 Å². The number of hydrogen-bond acceptors (Lipinski definition) is 4. The first-order chi connectivity index (χ1) is 11.0. The number of rotatable bonds is 7. The fourth-order valence-electron chi connectivity index (χ4n) is 2.24. The van der Waals surface area contributed by atoms with Gasteiger partial charge in [-0.25, -0.2) is 0 Å². The number of hydrogen-bond donors (Lipinski definition) is 1. The van der Waals surface area contributed by atoms with Crippen LogP contribution in [0.4, 0.5) is 0 Å². The van der Waals surface area contributed by atoms with Crippen LogP contribution < -0.4 is 19.9 Å². The molecular formula is C19H25NO3. The Kier molecular flexibility index (Phi) is 5.88. The summed E-state index contributed by atoms with van der Waals surface area (Å²) < 4.78 is 16.3. The van der Waals surface area contributed by atoms with E-state index in [4.69, 9.17) is 19.9 Å². The first kappa shape index (κ1) is 17.2. The van der Waals surface area contributed by atoms with Crippen LogP contribution >= 0.6 is 0 Å². The Balaban J connectivity index is 2.18. The van der Waals surface area contributed by atoms with Crippen molar-refractivity contribution in [1.29, 1.82) is 0 Å². The molecule has 0 aliphatic rings. The third kappa shape index (κ3) is 4.63. The van der Waals surface area contributed by atoms with Crippen molar-refractivity contribution in [2.75, 3.05) is 20.8 Å². The van der Waals surface area contributed by atoms with E-state index in [2.05, 4.69) is 13.8 Å². The SMILES string of the molecule is COc1cc(OC)cc(C(N)c2ccc(OCC(C)C)cc2)c1. The molecule has 0 aliphatic heterocycles. The molecule has 2 aromatic rings. The highest BCUT2D eigenvalue weighted by Crippen LogP contribution is 2.29. The summed E-state index contributed by atoms with van der Waals surface area (Å²) in [6.45, 7) is 4.96. The second-order valence-corrected chi connectivity index (χ2v) is 5.90. The van der Waals surface area contributed by atoms with Crippen LogP contribution in [0.1, 0.15) is 31.0 Å². The summed E-state index contributed by atoms with van der Waals surface area (Å²) >= 11 is 0. The molecule has 4 nitrogen and oxygen atoms in total. The van der Waals surface area contributed by atoms with Gasteiger partial charge in [0.15, 0.2) is 0 Å². The van der Waals surface area contributed by atoms with Crippen LogP contribution in [-0.2, 0) is 0 Å². The average molecular weight is 315 g/mol. The number of nitrogens with two attached hydrogens (primary N) is 1. The van der Waals surface area contributed by atoms with Gasteiger partial charge in [0, 0.05) is 6.07 Å². The van der Waals surface area contributed by atoms with Gasteiger partial charge in [0.2, 0.25) is 0 Å². The molecule has 0 bridgehead atoms. The molecule has 124 valence electrons. The molecule has 0 amide bonds. The van der Waals surface area contributed by atoms with E-state index in [0.717, 1.165) is 28.4 Å². The van der Waals surface area contributed by atoms with Gasteiger partial charge in [0.25, 0.3) is 0 Å². The lowest BCUT2D eigenvalue weighted by Gasteiger charge is -2.16. The molecule has 2 N–H and O–H groups in total. The molecule has 0 aromatic heterocycles. The van der Waals surface area contributed by atoms with Crippen molar-refractivity contribution in [2.45, 2.75) is 19.9 Å². The monoisotopic (exact) mass is 315 g/mol. The highest BCUT2D eigenvalue weighted by molar-refractivity contribution is 5.43. The molecule has 0 heterocycles. The first-order valence-corrected chi connectivity index (χ1v) is 7.74. The molecule has 0 fully saturated rings. The second-order valence-electron chi connectivity index (χ2n) is 5.90. The molecule has 4 heteroatoms. The second kappa shape index (κ2) is 7.88. The highest BCUT2D eigenvalue weighted by atomic mass is 16.5. The van der Waals surface area contributed by atoms with Crippen LogP contribution in [-0.4, -0.2) is 20.8 Å². The molecule has 0 aliphatic carbocycles. The zero-order chi connectivity index (χ0) is 16.8. The summed E-state index contributed by atoms with van der Waals surface area (Å²) in [5.41, 5.74) is 8.34. The van der Waals surface area contributed by atoms with Gasteiger partial charge < -0.3 is 19.9 Å². The first-order valence-electron chi connectivity index (χ1n) is 7.74. The average Bonchev–Trinajstić information content (AvgIpc) is 2.59. The predicted molar refractivity (Wildman–Crippen MR) is 92.4 cm³/mol. The van der Waals surface area contributed by atoms with Gasteiger partial charge in [-0.1, -0.05) is 26.0 Å².